The predicted molar refractivity (Wildman–Crippen MR) is 89.7 cm³/mol. The smallest absolute Gasteiger partial charge is 0.222 e. The van der Waals surface area contributed by atoms with E-state index in [0.29, 0.717) is 19.4 Å². The lowest BCUT2D eigenvalue weighted by Gasteiger charge is -2.18. The second-order valence-corrected chi connectivity index (χ2v) is 9.12. The summed E-state index contributed by atoms with van der Waals surface area (Å²) in [5.41, 5.74) is 1.15. The van der Waals surface area contributed by atoms with Crippen molar-refractivity contribution >= 4 is 37.2 Å². The summed E-state index contributed by atoms with van der Waals surface area (Å²) < 4.78 is 24.2. The number of rotatable bonds is 4. The van der Waals surface area contributed by atoms with Crippen molar-refractivity contribution in [1.82, 2.24) is 4.90 Å². The number of benzene rings is 1. The molecule has 0 radical (unpaired) electrons. The molecule has 1 aliphatic heterocycles. The van der Waals surface area contributed by atoms with Crippen LogP contribution in [0.2, 0.25) is 0 Å². The summed E-state index contributed by atoms with van der Waals surface area (Å²) in [7, 11) is -1.12. The quantitative estimate of drug-likeness (QED) is 0.862. The minimum absolute atomic E-state index is 0.0147. The third-order valence-corrected chi connectivity index (χ3v) is 7.03. The summed E-state index contributed by atoms with van der Waals surface area (Å²) in [6, 6.07) is 8.17. The van der Waals surface area contributed by atoms with Crippen LogP contribution in [0.25, 0.3) is 10.1 Å². The van der Waals surface area contributed by atoms with E-state index in [0.717, 1.165) is 5.56 Å². The van der Waals surface area contributed by atoms with Gasteiger partial charge in [0.15, 0.2) is 9.84 Å². The van der Waals surface area contributed by atoms with Crippen LogP contribution in [-0.2, 0) is 21.2 Å². The molecular weight excluding hydrogens is 318 g/mol. The highest BCUT2D eigenvalue weighted by atomic mass is 32.2. The van der Waals surface area contributed by atoms with Gasteiger partial charge in [-0.05, 0) is 34.7 Å². The highest BCUT2D eigenvalue weighted by Gasteiger charge is 2.30. The van der Waals surface area contributed by atoms with Crippen molar-refractivity contribution in [3.8, 4) is 0 Å². The van der Waals surface area contributed by atoms with E-state index in [2.05, 4.69) is 17.5 Å². The monoisotopic (exact) mass is 337 g/mol. The fourth-order valence-corrected chi connectivity index (χ4v) is 5.75. The first-order valence-corrected chi connectivity index (χ1v) is 10.0. The zero-order chi connectivity index (χ0) is 15.7. The molecule has 2 aromatic rings. The Balaban J connectivity index is 1.64. The molecule has 0 spiro atoms. The molecule has 1 aromatic heterocycles. The highest BCUT2D eigenvalue weighted by molar-refractivity contribution is 7.91. The molecule has 118 valence electrons. The summed E-state index contributed by atoms with van der Waals surface area (Å²) >= 11 is 1.68. The minimum Gasteiger partial charge on any atom is -0.341 e. The van der Waals surface area contributed by atoms with Crippen LogP contribution in [0, 0.1) is 5.92 Å². The van der Waals surface area contributed by atoms with Crippen LogP contribution in [0.3, 0.4) is 0 Å². The molecule has 1 atom stereocenters. The third-order valence-electron chi connectivity index (χ3n) is 4.18. The third kappa shape index (κ3) is 3.33. The lowest BCUT2D eigenvalue weighted by molar-refractivity contribution is -0.131. The van der Waals surface area contributed by atoms with Gasteiger partial charge < -0.3 is 4.90 Å². The van der Waals surface area contributed by atoms with Gasteiger partial charge in [0.25, 0.3) is 0 Å². The number of fused-ring (bicyclic) bond motifs is 1. The Morgan fingerprint density at radius 1 is 1.36 bits per heavy atom. The van der Waals surface area contributed by atoms with Crippen LogP contribution in [-0.4, -0.2) is 37.8 Å². The van der Waals surface area contributed by atoms with Crippen LogP contribution in [0.5, 0.6) is 0 Å². The van der Waals surface area contributed by atoms with Crippen molar-refractivity contribution in [1.29, 1.82) is 0 Å². The predicted octanol–water partition coefficient (Wildman–Crippen LogP) is 2.68. The van der Waals surface area contributed by atoms with Gasteiger partial charge in [-0.3, -0.25) is 4.79 Å². The van der Waals surface area contributed by atoms with E-state index in [1.54, 1.807) is 23.3 Å². The van der Waals surface area contributed by atoms with Crippen LogP contribution in [0.4, 0.5) is 0 Å². The van der Waals surface area contributed by atoms with Gasteiger partial charge >= 0.3 is 0 Å². The summed E-state index contributed by atoms with van der Waals surface area (Å²) in [6.45, 7) is 0.572. The summed E-state index contributed by atoms with van der Waals surface area (Å²) in [5.74, 6) is 0.397. The van der Waals surface area contributed by atoms with Gasteiger partial charge in [0.1, 0.15) is 0 Å². The van der Waals surface area contributed by atoms with E-state index in [4.69, 9.17) is 0 Å². The average molecular weight is 337 g/mol. The number of thiophene rings is 1. The number of hydrogen-bond donors (Lipinski definition) is 0. The first kappa shape index (κ1) is 15.5. The standard InChI is InChI=1S/C16H19NO3S2/c1-17(16(18)8-12-6-7-22(19,20)11-12)9-13-10-21-15-5-3-2-4-14(13)15/h2-5,10,12H,6-9,11H2,1H3. The molecule has 0 bridgehead atoms. The maximum Gasteiger partial charge on any atom is 0.222 e. The van der Waals surface area contributed by atoms with Gasteiger partial charge in [-0.25, -0.2) is 8.42 Å². The molecule has 3 rings (SSSR count). The second kappa shape index (κ2) is 6.01. The van der Waals surface area contributed by atoms with E-state index in [1.165, 1.54) is 10.1 Å². The maximum atomic E-state index is 12.3. The first-order valence-electron chi connectivity index (χ1n) is 7.34. The van der Waals surface area contributed by atoms with Gasteiger partial charge in [0.2, 0.25) is 5.91 Å². The molecule has 1 aliphatic rings. The Hall–Kier alpha value is -1.40. The molecule has 0 saturated carbocycles. The van der Waals surface area contributed by atoms with Crippen molar-refractivity contribution in [2.75, 3.05) is 18.6 Å². The first-order chi connectivity index (χ1) is 10.4. The Kier molecular flexibility index (Phi) is 4.23. The fourth-order valence-electron chi connectivity index (χ4n) is 2.93. The lowest BCUT2D eigenvalue weighted by atomic mass is 10.0. The van der Waals surface area contributed by atoms with E-state index in [1.807, 2.05) is 12.1 Å². The number of sulfone groups is 1. The molecule has 1 amide bonds. The number of carbonyl (C=O) groups is 1. The lowest BCUT2D eigenvalue weighted by Crippen LogP contribution is -2.28. The van der Waals surface area contributed by atoms with E-state index >= 15 is 0 Å². The van der Waals surface area contributed by atoms with Crippen molar-refractivity contribution in [2.45, 2.75) is 19.4 Å². The zero-order valence-corrected chi connectivity index (χ0v) is 14.1. The largest absolute Gasteiger partial charge is 0.341 e. The maximum absolute atomic E-state index is 12.3. The van der Waals surface area contributed by atoms with Crippen molar-refractivity contribution in [2.24, 2.45) is 5.92 Å². The van der Waals surface area contributed by atoms with Gasteiger partial charge in [0, 0.05) is 24.7 Å². The molecule has 4 nitrogen and oxygen atoms in total. The van der Waals surface area contributed by atoms with Crippen molar-refractivity contribution < 1.29 is 13.2 Å². The van der Waals surface area contributed by atoms with E-state index in [9.17, 15) is 13.2 Å². The van der Waals surface area contributed by atoms with Gasteiger partial charge in [-0.1, -0.05) is 18.2 Å². The molecule has 2 heterocycles. The number of amides is 1. The van der Waals surface area contributed by atoms with Gasteiger partial charge in [-0.15, -0.1) is 11.3 Å². The molecule has 1 aromatic carbocycles. The molecular formula is C16H19NO3S2. The normalized spacial score (nSPS) is 20.3. The van der Waals surface area contributed by atoms with Gasteiger partial charge in [0.05, 0.1) is 11.5 Å². The topological polar surface area (TPSA) is 54.5 Å². The summed E-state index contributed by atoms with van der Waals surface area (Å²) in [5, 5.41) is 3.28. The fraction of sp³-hybridized carbons (Fsp3) is 0.438. The number of nitrogens with zero attached hydrogens (tertiary/aromatic N) is 1. The highest BCUT2D eigenvalue weighted by Crippen LogP contribution is 2.27. The molecule has 6 heteroatoms. The van der Waals surface area contributed by atoms with Crippen LogP contribution < -0.4 is 0 Å². The number of hydrogen-bond acceptors (Lipinski definition) is 4. The Morgan fingerprint density at radius 3 is 2.86 bits per heavy atom. The number of carbonyl (C=O) groups excluding carboxylic acids is 1. The van der Waals surface area contributed by atoms with Crippen LogP contribution in [0.1, 0.15) is 18.4 Å². The summed E-state index contributed by atoms with van der Waals surface area (Å²) in [4.78, 5) is 14.0. The molecule has 1 saturated heterocycles. The second-order valence-electron chi connectivity index (χ2n) is 5.98. The van der Waals surface area contributed by atoms with Crippen molar-refractivity contribution in [3.05, 3.63) is 35.2 Å². The van der Waals surface area contributed by atoms with Gasteiger partial charge in [-0.2, -0.15) is 0 Å². The van der Waals surface area contributed by atoms with Crippen LogP contribution in [0.15, 0.2) is 29.6 Å². The molecule has 22 heavy (non-hydrogen) atoms. The Morgan fingerprint density at radius 2 is 2.14 bits per heavy atom. The van der Waals surface area contributed by atoms with E-state index in [-0.39, 0.29) is 23.3 Å². The Labute approximate surface area is 134 Å². The van der Waals surface area contributed by atoms with Crippen molar-refractivity contribution in [3.63, 3.8) is 0 Å². The molecule has 0 N–H and O–H groups in total. The summed E-state index contributed by atoms with van der Waals surface area (Å²) in [6.07, 6.45) is 0.946. The average Bonchev–Trinajstić information content (AvgIpc) is 3.03. The molecule has 1 fully saturated rings. The zero-order valence-electron chi connectivity index (χ0n) is 12.5. The SMILES string of the molecule is CN(Cc1csc2ccccc12)C(=O)CC1CCS(=O)(=O)C1. The van der Waals surface area contributed by atoms with Crippen LogP contribution >= 0.6 is 11.3 Å². The molecule has 0 aliphatic carbocycles. The molecule has 1 unspecified atom stereocenters. The minimum atomic E-state index is -2.91. The van der Waals surface area contributed by atoms with E-state index < -0.39 is 9.84 Å². The Bertz CT molecular complexity index is 795.